The van der Waals surface area contributed by atoms with Crippen molar-refractivity contribution in [2.24, 2.45) is 0 Å². The highest BCUT2D eigenvalue weighted by atomic mass is 16.5. The third-order valence-corrected chi connectivity index (χ3v) is 4.30. The molecule has 0 heterocycles. The fourth-order valence-corrected chi connectivity index (χ4v) is 2.75. The molecule has 0 unspecified atom stereocenters. The Labute approximate surface area is 166 Å². The van der Waals surface area contributed by atoms with Crippen LogP contribution < -0.4 is 5.32 Å². The average Bonchev–Trinajstić information content (AvgIpc) is 2.63. The number of aliphatic carboxylic acids is 1. The molecule has 0 aromatic rings. The fraction of sp³-hybridized carbons (Fsp3) is 0.818. The van der Waals surface area contributed by atoms with Gasteiger partial charge in [-0.25, -0.2) is 4.79 Å². The van der Waals surface area contributed by atoms with E-state index in [0.29, 0.717) is 5.70 Å². The van der Waals surface area contributed by atoms with Gasteiger partial charge in [-0.15, -0.1) is 0 Å². The first-order chi connectivity index (χ1) is 13.0. The van der Waals surface area contributed by atoms with Gasteiger partial charge in [0.15, 0.2) is 0 Å². The van der Waals surface area contributed by atoms with E-state index in [2.05, 4.69) is 23.6 Å². The van der Waals surface area contributed by atoms with Crippen molar-refractivity contribution in [2.45, 2.75) is 104 Å². The van der Waals surface area contributed by atoms with Gasteiger partial charge in [0.1, 0.15) is 5.70 Å². The number of rotatable bonds is 17. The van der Waals surface area contributed by atoms with Gasteiger partial charge in [0.2, 0.25) is 0 Å². The summed E-state index contributed by atoms with van der Waals surface area (Å²) in [6, 6.07) is 0. The molecule has 5 nitrogen and oxygen atoms in total. The van der Waals surface area contributed by atoms with Crippen LogP contribution in [0.25, 0.3) is 0 Å². The Morgan fingerprint density at radius 1 is 0.815 bits per heavy atom. The van der Waals surface area contributed by atoms with Gasteiger partial charge in [-0.3, -0.25) is 4.79 Å². The first-order valence-electron chi connectivity index (χ1n) is 10.7. The number of carbonyl (C=O) groups excluding carboxylic acids is 1. The number of methoxy groups -OCH3 is 1. The van der Waals surface area contributed by atoms with Crippen LogP contribution in [0, 0.1) is 0 Å². The molecule has 0 rings (SSSR count). The molecule has 0 saturated heterocycles. The summed E-state index contributed by atoms with van der Waals surface area (Å²) in [6.07, 6.45) is 19.0. The van der Waals surface area contributed by atoms with Crippen LogP contribution in [-0.2, 0) is 14.3 Å². The zero-order valence-corrected chi connectivity index (χ0v) is 18.0. The SMILES string of the molecule is C=C(NCCCCCCCCCCCCCCCC)C(=O)OC.CC(=O)O. The Bertz CT molecular complexity index is 365. The van der Waals surface area contributed by atoms with Crippen LogP contribution in [0.1, 0.15) is 104 Å². The molecule has 2 N–H and O–H groups in total. The quantitative estimate of drug-likeness (QED) is 0.187. The fourth-order valence-electron chi connectivity index (χ4n) is 2.75. The molecule has 0 atom stereocenters. The number of nitrogens with one attached hydrogen (secondary N) is 1. The molecule has 0 amide bonds. The molecular weight excluding hydrogens is 342 g/mol. The zero-order valence-electron chi connectivity index (χ0n) is 18.0. The lowest BCUT2D eigenvalue weighted by Gasteiger charge is -2.07. The van der Waals surface area contributed by atoms with Gasteiger partial charge in [-0.2, -0.15) is 0 Å². The highest BCUT2D eigenvalue weighted by Crippen LogP contribution is 2.12. The van der Waals surface area contributed by atoms with E-state index in [4.69, 9.17) is 9.90 Å². The predicted octanol–water partition coefficient (Wildman–Crippen LogP) is 5.83. The number of esters is 1. The molecule has 0 fully saturated rings. The Balaban J connectivity index is 0. The lowest BCUT2D eigenvalue weighted by atomic mass is 10.0. The van der Waals surface area contributed by atoms with Crippen molar-refractivity contribution in [1.82, 2.24) is 5.32 Å². The summed E-state index contributed by atoms with van der Waals surface area (Å²) in [5.74, 6) is -1.20. The molecule has 27 heavy (non-hydrogen) atoms. The van der Waals surface area contributed by atoms with Gasteiger partial charge in [-0.05, 0) is 6.42 Å². The molecule has 5 heteroatoms. The standard InChI is InChI=1S/C20H39NO2.C2H4O2/c1-4-5-6-7-8-9-10-11-12-13-14-15-16-17-18-21-19(2)20(22)23-3;1-2(3)4/h21H,2,4-18H2,1,3H3;1H3,(H,3,4). The average molecular weight is 386 g/mol. The molecule has 0 aliphatic rings. The third kappa shape index (κ3) is 26.8. The predicted molar refractivity (Wildman–Crippen MR) is 113 cm³/mol. The highest BCUT2D eigenvalue weighted by molar-refractivity contribution is 5.86. The Morgan fingerprint density at radius 3 is 1.48 bits per heavy atom. The van der Waals surface area contributed by atoms with Crippen molar-refractivity contribution in [3.8, 4) is 0 Å². The molecule has 0 aromatic carbocycles. The Morgan fingerprint density at radius 2 is 1.15 bits per heavy atom. The second-order valence-electron chi connectivity index (χ2n) is 7.01. The molecule has 0 spiro atoms. The van der Waals surface area contributed by atoms with Crippen molar-refractivity contribution < 1.29 is 19.4 Å². The van der Waals surface area contributed by atoms with E-state index in [1.807, 2.05) is 0 Å². The Kier molecular flexibility index (Phi) is 23.1. The first-order valence-corrected chi connectivity index (χ1v) is 10.7. The van der Waals surface area contributed by atoms with E-state index < -0.39 is 5.97 Å². The van der Waals surface area contributed by atoms with Gasteiger partial charge in [0, 0.05) is 13.5 Å². The zero-order chi connectivity index (χ0) is 20.8. The van der Waals surface area contributed by atoms with E-state index in [0.717, 1.165) is 19.9 Å². The molecule has 0 aliphatic heterocycles. The summed E-state index contributed by atoms with van der Waals surface area (Å²) in [4.78, 5) is 20.1. The number of ether oxygens (including phenoxy) is 1. The van der Waals surface area contributed by atoms with E-state index in [-0.39, 0.29) is 5.97 Å². The van der Waals surface area contributed by atoms with Crippen LogP contribution in [0.4, 0.5) is 0 Å². The maximum absolute atomic E-state index is 11.1. The smallest absolute Gasteiger partial charge is 0.353 e. The first kappa shape index (κ1) is 27.7. The highest BCUT2D eigenvalue weighted by Gasteiger charge is 2.04. The maximum Gasteiger partial charge on any atom is 0.353 e. The molecule has 0 bridgehead atoms. The monoisotopic (exact) mass is 385 g/mol. The number of hydrogen-bond donors (Lipinski definition) is 2. The molecule has 160 valence electrons. The summed E-state index contributed by atoms with van der Waals surface area (Å²) in [6.45, 7) is 7.81. The van der Waals surface area contributed by atoms with E-state index in [1.165, 1.54) is 90.6 Å². The van der Waals surface area contributed by atoms with Gasteiger partial charge < -0.3 is 15.2 Å². The minimum absolute atomic E-state index is 0.363. The van der Waals surface area contributed by atoms with Crippen molar-refractivity contribution in [1.29, 1.82) is 0 Å². The molecule has 0 radical (unpaired) electrons. The second kappa shape index (κ2) is 22.5. The largest absolute Gasteiger partial charge is 0.481 e. The number of carboxylic acid groups (broad SMARTS) is 1. The van der Waals surface area contributed by atoms with Crippen molar-refractivity contribution in [3.05, 3.63) is 12.3 Å². The van der Waals surface area contributed by atoms with Gasteiger partial charge in [-0.1, -0.05) is 97.0 Å². The van der Waals surface area contributed by atoms with Crippen LogP contribution >= 0.6 is 0 Å². The minimum atomic E-state index is -0.833. The second-order valence-corrected chi connectivity index (χ2v) is 7.01. The van der Waals surface area contributed by atoms with E-state index >= 15 is 0 Å². The van der Waals surface area contributed by atoms with Crippen LogP contribution in [-0.4, -0.2) is 30.7 Å². The topological polar surface area (TPSA) is 75.6 Å². The minimum Gasteiger partial charge on any atom is -0.481 e. The molecular formula is C22H43NO4. The van der Waals surface area contributed by atoms with E-state index in [9.17, 15) is 4.79 Å². The number of hydrogen-bond acceptors (Lipinski definition) is 4. The summed E-state index contributed by atoms with van der Waals surface area (Å²) in [5, 5.41) is 10.4. The van der Waals surface area contributed by atoms with Gasteiger partial charge in [0.05, 0.1) is 7.11 Å². The Hall–Kier alpha value is -1.52. The number of unbranched alkanes of at least 4 members (excludes halogenated alkanes) is 13. The summed E-state index contributed by atoms with van der Waals surface area (Å²) in [7, 11) is 1.38. The lowest BCUT2D eigenvalue weighted by molar-refractivity contribution is -0.136. The van der Waals surface area contributed by atoms with Crippen LogP contribution in [0.5, 0.6) is 0 Å². The van der Waals surface area contributed by atoms with Crippen molar-refractivity contribution >= 4 is 11.9 Å². The summed E-state index contributed by atoms with van der Waals surface area (Å²) < 4.78 is 4.59. The van der Waals surface area contributed by atoms with Crippen LogP contribution in [0.15, 0.2) is 12.3 Å². The summed E-state index contributed by atoms with van der Waals surface area (Å²) >= 11 is 0. The lowest BCUT2D eigenvalue weighted by Crippen LogP contribution is -2.21. The molecule has 0 aromatic heterocycles. The summed E-state index contributed by atoms with van der Waals surface area (Å²) in [5.41, 5.74) is 0.363. The third-order valence-electron chi connectivity index (χ3n) is 4.30. The van der Waals surface area contributed by atoms with E-state index in [1.54, 1.807) is 0 Å². The number of carbonyl (C=O) groups is 2. The number of carboxylic acids is 1. The van der Waals surface area contributed by atoms with Crippen molar-refractivity contribution in [3.63, 3.8) is 0 Å². The molecule has 0 aliphatic carbocycles. The maximum atomic E-state index is 11.1. The van der Waals surface area contributed by atoms with Gasteiger partial charge in [0.25, 0.3) is 5.97 Å². The van der Waals surface area contributed by atoms with Crippen LogP contribution in [0.2, 0.25) is 0 Å². The molecule has 0 saturated carbocycles. The normalized spacial score (nSPS) is 9.89. The van der Waals surface area contributed by atoms with Gasteiger partial charge >= 0.3 is 5.97 Å². The van der Waals surface area contributed by atoms with Crippen molar-refractivity contribution in [2.75, 3.05) is 13.7 Å². The van der Waals surface area contributed by atoms with Crippen LogP contribution in [0.3, 0.4) is 0 Å².